The van der Waals surface area contributed by atoms with Crippen LogP contribution in [-0.2, 0) is 4.74 Å². The van der Waals surface area contributed by atoms with Crippen LogP contribution in [-0.4, -0.2) is 19.3 Å². The van der Waals surface area contributed by atoms with Crippen molar-refractivity contribution in [3.63, 3.8) is 0 Å². The Morgan fingerprint density at radius 3 is 2.06 bits per heavy atom. The Morgan fingerprint density at radius 2 is 1.50 bits per heavy atom. The molecule has 1 rings (SSSR count). The quantitative estimate of drug-likeness (QED) is 0.578. The molecule has 1 aliphatic heterocycles. The maximum atomic E-state index is 5.61. The number of ether oxygens (including phenoxy) is 1. The van der Waals surface area contributed by atoms with Crippen molar-refractivity contribution in [3.05, 3.63) is 0 Å². The van der Waals surface area contributed by atoms with E-state index in [9.17, 15) is 0 Å². The zero-order chi connectivity index (χ0) is 11.5. The lowest BCUT2D eigenvalue weighted by atomic mass is 10.0. The highest BCUT2D eigenvalue weighted by Crippen LogP contribution is 2.18. The van der Waals surface area contributed by atoms with Crippen molar-refractivity contribution < 1.29 is 4.74 Å². The van der Waals surface area contributed by atoms with Gasteiger partial charge in [-0.15, -0.1) is 0 Å². The molecular weight excluding hydrogens is 198 g/mol. The Hall–Kier alpha value is -0.0800. The Kier molecular flexibility index (Phi) is 8.83. The van der Waals surface area contributed by atoms with Crippen molar-refractivity contribution in [2.45, 2.75) is 76.7 Å². The molecule has 2 nitrogen and oxygen atoms in total. The number of unbranched alkanes of at least 4 members (excludes halogenated alkanes) is 7. The minimum Gasteiger partial charge on any atom is -0.378 e. The summed E-state index contributed by atoms with van der Waals surface area (Å²) in [5.74, 6) is 0. The lowest BCUT2D eigenvalue weighted by Crippen LogP contribution is -2.03. The normalized spacial score (nSPS) is 20.4. The highest BCUT2D eigenvalue weighted by Gasteiger charge is 2.14. The number of nitrogens with two attached hydrogens (primary N) is 1. The van der Waals surface area contributed by atoms with E-state index in [2.05, 4.69) is 0 Å². The molecule has 1 heterocycles. The maximum absolute atomic E-state index is 5.61. The first-order valence-corrected chi connectivity index (χ1v) is 7.25. The zero-order valence-corrected chi connectivity index (χ0v) is 10.8. The first kappa shape index (κ1) is 14.0. The standard InChI is InChI=1S/C14H29NO/c15-12-8-6-4-2-1-3-5-7-10-14-11-9-13-16-14/h14H,1-13,15H2. The van der Waals surface area contributed by atoms with Crippen molar-refractivity contribution in [1.29, 1.82) is 0 Å². The summed E-state index contributed by atoms with van der Waals surface area (Å²) in [6, 6.07) is 0. The second-order valence-electron chi connectivity index (χ2n) is 5.04. The van der Waals surface area contributed by atoms with Crippen LogP contribution in [0.5, 0.6) is 0 Å². The van der Waals surface area contributed by atoms with Crippen LogP contribution in [0.1, 0.15) is 70.6 Å². The van der Waals surface area contributed by atoms with Crippen molar-refractivity contribution in [3.8, 4) is 0 Å². The van der Waals surface area contributed by atoms with Gasteiger partial charge in [-0.05, 0) is 32.2 Å². The SMILES string of the molecule is NCCCCCCCCCCC1CCCO1. The van der Waals surface area contributed by atoms with Crippen LogP contribution in [0.2, 0.25) is 0 Å². The number of hydrogen-bond donors (Lipinski definition) is 1. The molecule has 1 saturated heterocycles. The van der Waals surface area contributed by atoms with Crippen molar-refractivity contribution >= 4 is 0 Å². The minimum absolute atomic E-state index is 0.601. The van der Waals surface area contributed by atoms with Crippen LogP contribution in [0.25, 0.3) is 0 Å². The summed E-state index contributed by atoms with van der Waals surface area (Å²) in [5, 5.41) is 0. The molecule has 0 aromatic rings. The van der Waals surface area contributed by atoms with Crippen LogP contribution in [0.4, 0.5) is 0 Å². The molecule has 0 bridgehead atoms. The number of hydrogen-bond acceptors (Lipinski definition) is 2. The van der Waals surface area contributed by atoms with Crippen LogP contribution < -0.4 is 5.73 Å². The topological polar surface area (TPSA) is 35.2 Å². The van der Waals surface area contributed by atoms with E-state index in [1.54, 1.807) is 0 Å². The van der Waals surface area contributed by atoms with Gasteiger partial charge in [-0.3, -0.25) is 0 Å². The Morgan fingerprint density at radius 1 is 0.875 bits per heavy atom. The van der Waals surface area contributed by atoms with Crippen LogP contribution in [0.3, 0.4) is 0 Å². The Balaban J connectivity index is 1.71. The number of rotatable bonds is 10. The fourth-order valence-electron chi connectivity index (χ4n) is 2.45. The van der Waals surface area contributed by atoms with Crippen molar-refractivity contribution in [2.24, 2.45) is 5.73 Å². The van der Waals surface area contributed by atoms with E-state index in [1.165, 1.54) is 70.6 Å². The van der Waals surface area contributed by atoms with Gasteiger partial charge in [-0.1, -0.05) is 44.9 Å². The summed E-state index contributed by atoms with van der Waals surface area (Å²) in [7, 11) is 0. The minimum atomic E-state index is 0.601. The monoisotopic (exact) mass is 227 g/mol. The van der Waals surface area contributed by atoms with Gasteiger partial charge in [0.05, 0.1) is 6.10 Å². The summed E-state index contributed by atoms with van der Waals surface area (Å²) in [5.41, 5.74) is 5.46. The predicted molar refractivity (Wildman–Crippen MR) is 69.6 cm³/mol. The highest BCUT2D eigenvalue weighted by molar-refractivity contribution is 4.64. The molecule has 1 fully saturated rings. The van der Waals surface area contributed by atoms with Gasteiger partial charge in [0.1, 0.15) is 0 Å². The van der Waals surface area contributed by atoms with E-state index in [0.717, 1.165) is 13.2 Å². The van der Waals surface area contributed by atoms with Gasteiger partial charge in [0.2, 0.25) is 0 Å². The van der Waals surface area contributed by atoms with Gasteiger partial charge >= 0.3 is 0 Å². The third-order valence-electron chi connectivity index (χ3n) is 3.50. The van der Waals surface area contributed by atoms with Gasteiger partial charge in [0, 0.05) is 6.61 Å². The first-order chi connectivity index (χ1) is 7.93. The van der Waals surface area contributed by atoms with Gasteiger partial charge in [-0.25, -0.2) is 0 Å². The Labute approximate surface area is 101 Å². The lowest BCUT2D eigenvalue weighted by Gasteiger charge is -2.08. The summed E-state index contributed by atoms with van der Waals surface area (Å²) in [4.78, 5) is 0. The molecule has 1 aliphatic rings. The molecule has 0 aromatic carbocycles. The average Bonchev–Trinajstić information content (AvgIpc) is 2.80. The molecule has 0 saturated carbocycles. The van der Waals surface area contributed by atoms with Crippen LogP contribution in [0, 0.1) is 0 Å². The molecule has 16 heavy (non-hydrogen) atoms. The van der Waals surface area contributed by atoms with Gasteiger partial charge < -0.3 is 10.5 Å². The zero-order valence-electron chi connectivity index (χ0n) is 10.8. The fourth-order valence-corrected chi connectivity index (χ4v) is 2.45. The molecule has 2 heteroatoms. The van der Waals surface area contributed by atoms with E-state index in [0.29, 0.717) is 6.10 Å². The Bertz CT molecular complexity index is 144. The van der Waals surface area contributed by atoms with E-state index in [-0.39, 0.29) is 0 Å². The average molecular weight is 227 g/mol. The third kappa shape index (κ3) is 7.24. The molecule has 96 valence electrons. The molecule has 0 radical (unpaired) electrons. The lowest BCUT2D eigenvalue weighted by molar-refractivity contribution is 0.102. The molecular formula is C14H29NO. The molecule has 0 amide bonds. The highest BCUT2D eigenvalue weighted by atomic mass is 16.5. The van der Waals surface area contributed by atoms with Crippen molar-refractivity contribution in [1.82, 2.24) is 0 Å². The summed E-state index contributed by atoms with van der Waals surface area (Å²) in [6.07, 6.45) is 15.4. The van der Waals surface area contributed by atoms with Gasteiger partial charge in [-0.2, -0.15) is 0 Å². The smallest absolute Gasteiger partial charge is 0.0576 e. The molecule has 1 unspecified atom stereocenters. The van der Waals surface area contributed by atoms with E-state index in [1.807, 2.05) is 0 Å². The molecule has 0 aliphatic carbocycles. The molecule has 0 spiro atoms. The summed E-state index contributed by atoms with van der Waals surface area (Å²) in [6.45, 7) is 1.87. The third-order valence-corrected chi connectivity index (χ3v) is 3.50. The maximum Gasteiger partial charge on any atom is 0.0576 e. The molecule has 0 aromatic heterocycles. The van der Waals surface area contributed by atoms with Gasteiger partial charge in [0.25, 0.3) is 0 Å². The van der Waals surface area contributed by atoms with E-state index in [4.69, 9.17) is 10.5 Å². The fraction of sp³-hybridized carbons (Fsp3) is 1.00. The largest absolute Gasteiger partial charge is 0.378 e. The first-order valence-electron chi connectivity index (χ1n) is 7.25. The van der Waals surface area contributed by atoms with Crippen LogP contribution >= 0.6 is 0 Å². The summed E-state index contributed by atoms with van der Waals surface area (Å²) >= 11 is 0. The van der Waals surface area contributed by atoms with E-state index >= 15 is 0 Å². The van der Waals surface area contributed by atoms with Crippen molar-refractivity contribution in [2.75, 3.05) is 13.2 Å². The second-order valence-corrected chi connectivity index (χ2v) is 5.04. The van der Waals surface area contributed by atoms with Gasteiger partial charge in [0.15, 0.2) is 0 Å². The predicted octanol–water partition coefficient (Wildman–Crippen LogP) is 3.64. The summed E-state index contributed by atoms with van der Waals surface area (Å²) < 4.78 is 5.61. The van der Waals surface area contributed by atoms with E-state index < -0.39 is 0 Å². The second kappa shape index (κ2) is 10.1. The molecule has 2 N–H and O–H groups in total. The van der Waals surface area contributed by atoms with Crippen LogP contribution in [0.15, 0.2) is 0 Å². The molecule has 1 atom stereocenters.